The molecule has 0 saturated carbocycles. The molecule has 0 aliphatic carbocycles. The Bertz CT molecular complexity index is 1300. The molecule has 1 amide bonds. The van der Waals surface area contributed by atoms with Crippen LogP contribution in [0.4, 0.5) is 5.13 Å². The number of aromatic nitrogens is 3. The molecule has 164 valence electrons. The molecule has 0 bridgehead atoms. The SMILES string of the molecule is CCN(Cc1nc2ccccc2c(=O)[nH]1)C(C)C(=O)Nc1nc(-c2ccc(C)cc2)cs1. The Labute approximate surface area is 190 Å². The number of amides is 1. The number of aryl methyl sites for hydroxylation is 1. The van der Waals surface area contributed by atoms with E-state index in [2.05, 4.69) is 20.3 Å². The number of hydrogen-bond donors (Lipinski definition) is 2. The first kappa shape index (κ1) is 21.9. The highest BCUT2D eigenvalue weighted by atomic mass is 32.1. The summed E-state index contributed by atoms with van der Waals surface area (Å²) in [5.74, 6) is 0.380. The van der Waals surface area contributed by atoms with Gasteiger partial charge in [-0.3, -0.25) is 14.5 Å². The predicted molar refractivity (Wildman–Crippen MR) is 129 cm³/mol. The Kier molecular flexibility index (Phi) is 6.43. The summed E-state index contributed by atoms with van der Waals surface area (Å²) in [6.07, 6.45) is 0. The average Bonchev–Trinajstić information content (AvgIpc) is 3.26. The maximum atomic E-state index is 12.9. The fourth-order valence-electron chi connectivity index (χ4n) is 3.49. The van der Waals surface area contributed by atoms with Crippen LogP contribution in [0, 0.1) is 6.92 Å². The summed E-state index contributed by atoms with van der Waals surface area (Å²) >= 11 is 1.40. The zero-order valence-electron chi connectivity index (χ0n) is 18.3. The zero-order chi connectivity index (χ0) is 22.7. The molecule has 0 fully saturated rings. The Morgan fingerprint density at radius 3 is 2.66 bits per heavy atom. The second-order valence-electron chi connectivity index (χ2n) is 7.66. The van der Waals surface area contributed by atoms with E-state index in [0.29, 0.717) is 34.9 Å². The van der Waals surface area contributed by atoms with Gasteiger partial charge in [-0.15, -0.1) is 11.3 Å². The Hall–Kier alpha value is -3.36. The highest BCUT2D eigenvalue weighted by molar-refractivity contribution is 7.14. The van der Waals surface area contributed by atoms with E-state index in [0.717, 1.165) is 11.3 Å². The van der Waals surface area contributed by atoms with Gasteiger partial charge in [0.05, 0.1) is 29.2 Å². The number of H-pyrrole nitrogens is 1. The zero-order valence-corrected chi connectivity index (χ0v) is 19.1. The number of thiazole rings is 1. The van der Waals surface area contributed by atoms with Crippen molar-refractivity contribution in [1.29, 1.82) is 0 Å². The number of fused-ring (bicyclic) bond motifs is 1. The van der Waals surface area contributed by atoms with Crippen molar-refractivity contribution < 1.29 is 4.79 Å². The van der Waals surface area contributed by atoms with E-state index in [1.165, 1.54) is 16.9 Å². The topological polar surface area (TPSA) is 91.0 Å². The normalized spacial score (nSPS) is 12.2. The number of nitrogens with zero attached hydrogens (tertiary/aromatic N) is 3. The number of benzene rings is 2. The van der Waals surface area contributed by atoms with Gasteiger partial charge in [0.25, 0.3) is 5.56 Å². The number of aromatic amines is 1. The van der Waals surface area contributed by atoms with Gasteiger partial charge in [-0.1, -0.05) is 48.9 Å². The number of carbonyl (C=O) groups excluding carboxylic acids is 1. The van der Waals surface area contributed by atoms with Crippen molar-refractivity contribution >= 4 is 33.3 Å². The van der Waals surface area contributed by atoms with Gasteiger partial charge in [0.2, 0.25) is 5.91 Å². The third-order valence-corrected chi connectivity index (χ3v) is 6.19. The fourth-order valence-corrected chi connectivity index (χ4v) is 4.21. The van der Waals surface area contributed by atoms with E-state index in [9.17, 15) is 9.59 Å². The van der Waals surface area contributed by atoms with E-state index in [1.807, 2.05) is 73.5 Å². The first-order valence-corrected chi connectivity index (χ1v) is 11.4. The summed E-state index contributed by atoms with van der Waals surface area (Å²) in [5.41, 5.74) is 3.51. The number of anilines is 1. The van der Waals surface area contributed by atoms with Crippen LogP contribution in [0.3, 0.4) is 0 Å². The van der Waals surface area contributed by atoms with Crippen molar-refractivity contribution in [2.45, 2.75) is 33.4 Å². The first-order chi connectivity index (χ1) is 15.4. The Balaban J connectivity index is 1.45. The molecule has 2 aromatic carbocycles. The monoisotopic (exact) mass is 447 g/mol. The minimum absolute atomic E-state index is 0.153. The van der Waals surface area contributed by atoms with Crippen LogP contribution >= 0.6 is 11.3 Å². The molecule has 1 atom stereocenters. The molecule has 0 spiro atoms. The summed E-state index contributed by atoms with van der Waals surface area (Å²) < 4.78 is 0. The van der Waals surface area contributed by atoms with Crippen LogP contribution in [-0.2, 0) is 11.3 Å². The highest BCUT2D eigenvalue weighted by Gasteiger charge is 2.22. The van der Waals surface area contributed by atoms with Crippen molar-refractivity contribution in [3.63, 3.8) is 0 Å². The summed E-state index contributed by atoms with van der Waals surface area (Å²) in [4.78, 5) is 39.1. The second-order valence-corrected chi connectivity index (χ2v) is 8.52. The number of rotatable bonds is 7. The van der Waals surface area contributed by atoms with Crippen LogP contribution in [0.5, 0.6) is 0 Å². The summed E-state index contributed by atoms with van der Waals surface area (Å²) in [7, 11) is 0. The molecule has 2 aromatic heterocycles. The van der Waals surface area contributed by atoms with Gasteiger partial charge in [0.15, 0.2) is 5.13 Å². The smallest absolute Gasteiger partial charge is 0.258 e. The molecular weight excluding hydrogens is 422 g/mol. The molecule has 2 heterocycles. The van der Waals surface area contributed by atoms with E-state index in [1.54, 1.807) is 6.07 Å². The molecule has 7 nitrogen and oxygen atoms in total. The van der Waals surface area contributed by atoms with Gasteiger partial charge in [-0.2, -0.15) is 0 Å². The van der Waals surface area contributed by atoms with Gasteiger partial charge >= 0.3 is 0 Å². The van der Waals surface area contributed by atoms with Gasteiger partial charge < -0.3 is 10.3 Å². The Morgan fingerprint density at radius 1 is 1.16 bits per heavy atom. The van der Waals surface area contributed by atoms with Crippen LogP contribution < -0.4 is 10.9 Å². The lowest BCUT2D eigenvalue weighted by Gasteiger charge is -2.26. The van der Waals surface area contributed by atoms with Crippen LogP contribution in [0.1, 0.15) is 25.2 Å². The van der Waals surface area contributed by atoms with Crippen molar-refractivity contribution in [2.75, 3.05) is 11.9 Å². The van der Waals surface area contributed by atoms with Crippen molar-refractivity contribution in [1.82, 2.24) is 19.9 Å². The molecule has 4 aromatic rings. The third kappa shape index (κ3) is 4.76. The number of likely N-dealkylation sites (N-methyl/N-ethyl adjacent to an activating group) is 1. The average molecular weight is 448 g/mol. The number of hydrogen-bond acceptors (Lipinski definition) is 6. The molecule has 4 rings (SSSR count). The predicted octanol–water partition coefficient (Wildman–Crippen LogP) is 4.20. The largest absolute Gasteiger partial charge is 0.309 e. The first-order valence-electron chi connectivity index (χ1n) is 10.5. The molecule has 32 heavy (non-hydrogen) atoms. The van der Waals surface area contributed by atoms with E-state index >= 15 is 0 Å². The lowest BCUT2D eigenvalue weighted by molar-refractivity contribution is -0.120. The summed E-state index contributed by atoms with van der Waals surface area (Å²) in [6.45, 7) is 6.84. The van der Waals surface area contributed by atoms with Gasteiger partial charge in [-0.05, 0) is 32.5 Å². The van der Waals surface area contributed by atoms with Crippen LogP contribution in [0.25, 0.3) is 22.2 Å². The second kappa shape index (κ2) is 9.42. The van der Waals surface area contributed by atoms with Crippen molar-refractivity contribution in [2.24, 2.45) is 0 Å². The lowest BCUT2D eigenvalue weighted by Crippen LogP contribution is -2.42. The molecule has 8 heteroatoms. The summed E-state index contributed by atoms with van der Waals surface area (Å²) in [5, 5.41) is 5.97. The van der Waals surface area contributed by atoms with Gasteiger partial charge in [-0.25, -0.2) is 9.97 Å². The van der Waals surface area contributed by atoms with Crippen LogP contribution in [0.2, 0.25) is 0 Å². The van der Waals surface area contributed by atoms with Crippen LogP contribution in [-0.4, -0.2) is 38.3 Å². The number of para-hydroxylation sites is 1. The van der Waals surface area contributed by atoms with E-state index in [-0.39, 0.29) is 11.5 Å². The standard InChI is InChI=1S/C24H25N5O2S/c1-4-29(13-21-25-19-8-6-5-7-18(19)23(31)27-21)16(3)22(30)28-24-26-20(14-32-24)17-11-9-15(2)10-12-17/h5-12,14,16H,4,13H2,1-3H3,(H,25,27,31)(H,26,28,30). The highest BCUT2D eigenvalue weighted by Crippen LogP contribution is 2.25. The minimum atomic E-state index is -0.427. The van der Waals surface area contributed by atoms with Gasteiger partial charge in [0.1, 0.15) is 5.82 Å². The number of nitrogens with one attached hydrogen (secondary N) is 2. The van der Waals surface area contributed by atoms with Crippen molar-refractivity contribution in [3.05, 3.63) is 75.7 Å². The molecule has 1 unspecified atom stereocenters. The van der Waals surface area contributed by atoms with E-state index in [4.69, 9.17) is 0 Å². The minimum Gasteiger partial charge on any atom is -0.309 e. The maximum Gasteiger partial charge on any atom is 0.258 e. The summed E-state index contributed by atoms with van der Waals surface area (Å²) in [6, 6.07) is 14.9. The fraction of sp³-hybridized carbons (Fsp3) is 0.250. The molecular formula is C24H25N5O2S. The molecule has 0 aliphatic rings. The molecule has 0 saturated heterocycles. The third-order valence-electron chi connectivity index (χ3n) is 5.43. The quantitative estimate of drug-likeness (QED) is 0.443. The molecule has 0 radical (unpaired) electrons. The lowest BCUT2D eigenvalue weighted by atomic mass is 10.1. The Morgan fingerprint density at radius 2 is 1.91 bits per heavy atom. The van der Waals surface area contributed by atoms with Crippen molar-refractivity contribution in [3.8, 4) is 11.3 Å². The number of carbonyl (C=O) groups is 1. The van der Waals surface area contributed by atoms with Crippen LogP contribution in [0.15, 0.2) is 58.7 Å². The van der Waals surface area contributed by atoms with Gasteiger partial charge in [0, 0.05) is 10.9 Å². The maximum absolute atomic E-state index is 12.9. The molecule has 0 aliphatic heterocycles. The molecule has 2 N–H and O–H groups in total. The van der Waals surface area contributed by atoms with E-state index < -0.39 is 6.04 Å².